The Balaban J connectivity index is 2.11. The molecule has 1 rings (SSSR count). The van der Waals surface area contributed by atoms with Crippen LogP contribution in [0.4, 0.5) is 0 Å². The summed E-state index contributed by atoms with van der Waals surface area (Å²) >= 11 is 0. The first-order valence-corrected chi connectivity index (χ1v) is 5.73. The molecule has 1 amide bonds. The molecule has 3 N–H and O–H groups in total. The van der Waals surface area contributed by atoms with Crippen molar-refractivity contribution in [2.24, 2.45) is 11.7 Å². The van der Waals surface area contributed by atoms with Gasteiger partial charge in [-0.2, -0.15) is 0 Å². The summed E-state index contributed by atoms with van der Waals surface area (Å²) in [5, 5.41) is 2.87. The Morgan fingerprint density at radius 2 is 2.27 bits per heavy atom. The number of carbonyl (C=O) groups is 1. The Bertz CT molecular complexity index is 207. The SMILES string of the molecule is CC(C)OCC(=O)NCC1CCCC1N. The van der Waals surface area contributed by atoms with Crippen molar-refractivity contribution in [2.45, 2.75) is 45.3 Å². The molecule has 1 aliphatic rings. The highest BCUT2D eigenvalue weighted by atomic mass is 16.5. The molecule has 0 saturated heterocycles. The van der Waals surface area contributed by atoms with Crippen LogP contribution >= 0.6 is 0 Å². The van der Waals surface area contributed by atoms with E-state index in [1.54, 1.807) is 0 Å². The number of carbonyl (C=O) groups excluding carboxylic acids is 1. The van der Waals surface area contributed by atoms with Gasteiger partial charge in [0.1, 0.15) is 6.61 Å². The monoisotopic (exact) mass is 214 g/mol. The molecule has 4 heteroatoms. The number of nitrogens with one attached hydrogen (secondary N) is 1. The summed E-state index contributed by atoms with van der Waals surface area (Å²) in [7, 11) is 0. The van der Waals surface area contributed by atoms with Crippen LogP contribution in [0.1, 0.15) is 33.1 Å². The van der Waals surface area contributed by atoms with Crippen molar-refractivity contribution in [1.82, 2.24) is 5.32 Å². The maximum absolute atomic E-state index is 11.3. The zero-order chi connectivity index (χ0) is 11.3. The van der Waals surface area contributed by atoms with Crippen molar-refractivity contribution >= 4 is 5.91 Å². The predicted molar refractivity (Wildman–Crippen MR) is 59.4 cm³/mol. The molecule has 0 bridgehead atoms. The van der Waals surface area contributed by atoms with Crippen LogP contribution in [0, 0.1) is 5.92 Å². The van der Waals surface area contributed by atoms with Crippen LogP contribution in [-0.4, -0.2) is 31.2 Å². The molecule has 2 unspecified atom stereocenters. The first kappa shape index (κ1) is 12.5. The topological polar surface area (TPSA) is 64.3 Å². The minimum absolute atomic E-state index is 0.0391. The minimum Gasteiger partial charge on any atom is -0.369 e. The van der Waals surface area contributed by atoms with Gasteiger partial charge in [-0.05, 0) is 32.6 Å². The number of nitrogens with two attached hydrogens (primary N) is 1. The third kappa shape index (κ3) is 4.62. The maximum atomic E-state index is 11.3. The number of rotatable bonds is 5. The standard InChI is InChI=1S/C11H22N2O2/c1-8(2)15-7-11(14)13-6-9-4-3-5-10(9)12/h8-10H,3-7,12H2,1-2H3,(H,13,14). The van der Waals surface area contributed by atoms with Gasteiger partial charge in [0.2, 0.25) is 5.91 Å². The van der Waals surface area contributed by atoms with Gasteiger partial charge in [0.15, 0.2) is 0 Å². The van der Waals surface area contributed by atoms with Crippen molar-refractivity contribution in [1.29, 1.82) is 0 Å². The van der Waals surface area contributed by atoms with E-state index in [0.29, 0.717) is 12.5 Å². The van der Waals surface area contributed by atoms with Crippen LogP contribution < -0.4 is 11.1 Å². The van der Waals surface area contributed by atoms with Crippen LogP contribution in [0.2, 0.25) is 0 Å². The lowest BCUT2D eigenvalue weighted by atomic mass is 10.1. The smallest absolute Gasteiger partial charge is 0.246 e. The van der Waals surface area contributed by atoms with Crippen LogP contribution in [0.15, 0.2) is 0 Å². The third-order valence-electron chi connectivity index (χ3n) is 2.83. The predicted octanol–water partition coefficient (Wildman–Crippen LogP) is 0.655. The summed E-state index contributed by atoms with van der Waals surface area (Å²) in [6.07, 6.45) is 3.50. The fraction of sp³-hybridized carbons (Fsp3) is 0.909. The number of hydrogen-bond acceptors (Lipinski definition) is 3. The summed E-state index contributed by atoms with van der Waals surface area (Å²) in [4.78, 5) is 11.3. The Labute approximate surface area is 91.5 Å². The summed E-state index contributed by atoms with van der Waals surface area (Å²) in [6, 6.07) is 0.260. The van der Waals surface area contributed by atoms with Crippen molar-refractivity contribution in [3.8, 4) is 0 Å². The van der Waals surface area contributed by atoms with Gasteiger partial charge in [-0.15, -0.1) is 0 Å². The van der Waals surface area contributed by atoms with E-state index in [1.165, 1.54) is 6.42 Å². The second-order valence-corrected chi connectivity index (χ2v) is 4.52. The molecule has 0 aromatic rings. The third-order valence-corrected chi connectivity index (χ3v) is 2.83. The fourth-order valence-electron chi connectivity index (χ4n) is 1.86. The van der Waals surface area contributed by atoms with Gasteiger partial charge in [0.25, 0.3) is 0 Å². The zero-order valence-corrected chi connectivity index (χ0v) is 9.66. The van der Waals surface area contributed by atoms with E-state index in [9.17, 15) is 4.79 Å². The van der Waals surface area contributed by atoms with Crippen molar-refractivity contribution in [3.63, 3.8) is 0 Å². The second-order valence-electron chi connectivity index (χ2n) is 4.52. The molecule has 1 saturated carbocycles. The molecule has 88 valence electrons. The second kappa shape index (κ2) is 6.08. The quantitative estimate of drug-likeness (QED) is 0.706. The van der Waals surface area contributed by atoms with E-state index >= 15 is 0 Å². The van der Waals surface area contributed by atoms with Gasteiger partial charge in [0.05, 0.1) is 6.10 Å². The number of hydrogen-bond donors (Lipinski definition) is 2. The fourth-order valence-corrected chi connectivity index (χ4v) is 1.86. The number of ether oxygens (including phenoxy) is 1. The van der Waals surface area contributed by atoms with Gasteiger partial charge in [0, 0.05) is 12.6 Å². The maximum Gasteiger partial charge on any atom is 0.246 e. The number of amides is 1. The normalized spacial score (nSPS) is 25.9. The Hall–Kier alpha value is -0.610. The van der Waals surface area contributed by atoms with E-state index in [1.807, 2.05) is 13.8 Å². The molecule has 1 aliphatic carbocycles. The first-order valence-electron chi connectivity index (χ1n) is 5.73. The summed E-state index contributed by atoms with van der Waals surface area (Å²) in [5.74, 6) is 0.413. The largest absolute Gasteiger partial charge is 0.369 e. The van der Waals surface area contributed by atoms with E-state index in [2.05, 4.69) is 5.32 Å². The Kier molecular flexibility index (Phi) is 5.05. The minimum atomic E-state index is -0.0391. The van der Waals surface area contributed by atoms with Crippen molar-refractivity contribution in [2.75, 3.05) is 13.2 Å². The highest BCUT2D eigenvalue weighted by Crippen LogP contribution is 2.22. The van der Waals surface area contributed by atoms with Crippen LogP contribution in [-0.2, 0) is 9.53 Å². The Morgan fingerprint density at radius 3 is 2.80 bits per heavy atom. The first-order chi connectivity index (χ1) is 7.09. The molecule has 0 aromatic carbocycles. The zero-order valence-electron chi connectivity index (χ0n) is 9.66. The summed E-state index contributed by atoms with van der Waals surface area (Å²) in [6.45, 7) is 4.68. The highest BCUT2D eigenvalue weighted by molar-refractivity contribution is 5.77. The van der Waals surface area contributed by atoms with Crippen LogP contribution in [0.5, 0.6) is 0 Å². The Morgan fingerprint density at radius 1 is 1.53 bits per heavy atom. The van der Waals surface area contributed by atoms with E-state index < -0.39 is 0 Å². The molecule has 1 fully saturated rings. The van der Waals surface area contributed by atoms with E-state index in [-0.39, 0.29) is 24.7 Å². The molecule has 2 atom stereocenters. The van der Waals surface area contributed by atoms with Gasteiger partial charge >= 0.3 is 0 Å². The molecule has 4 nitrogen and oxygen atoms in total. The van der Waals surface area contributed by atoms with Gasteiger partial charge in [-0.3, -0.25) is 4.79 Å². The molecule has 0 spiro atoms. The van der Waals surface area contributed by atoms with Crippen LogP contribution in [0.3, 0.4) is 0 Å². The summed E-state index contributed by atoms with van der Waals surface area (Å²) < 4.78 is 5.20. The molecule has 0 heterocycles. The average molecular weight is 214 g/mol. The average Bonchev–Trinajstić information content (AvgIpc) is 2.58. The van der Waals surface area contributed by atoms with E-state index in [4.69, 9.17) is 10.5 Å². The molecular formula is C11H22N2O2. The van der Waals surface area contributed by atoms with Gasteiger partial charge < -0.3 is 15.8 Å². The lowest BCUT2D eigenvalue weighted by molar-refractivity contribution is -0.127. The molecule has 15 heavy (non-hydrogen) atoms. The summed E-state index contributed by atoms with van der Waals surface area (Å²) in [5.41, 5.74) is 5.90. The molecule has 0 radical (unpaired) electrons. The van der Waals surface area contributed by atoms with Crippen molar-refractivity contribution in [3.05, 3.63) is 0 Å². The van der Waals surface area contributed by atoms with Crippen LogP contribution in [0.25, 0.3) is 0 Å². The lowest BCUT2D eigenvalue weighted by Crippen LogP contribution is -2.37. The van der Waals surface area contributed by atoms with Gasteiger partial charge in [-0.25, -0.2) is 0 Å². The van der Waals surface area contributed by atoms with E-state index in [0.717, 1.165) is 12.8 Å². The molecular weight excluding hydrogens is 192 g/mol. The molecule has 0 aliphatic heterocycles. The van der Waals surface area contributed by atoms with Crippen molar-refractivity contribution < 1.29 is 9.53 Å². The highest BCUT2D eigenvalue weighted by Gasteiger charge is 2.23. The molecule has 0 aromatic heterocycles. The lowest BCUT2D eigenvalue weighted by Gasteiger charge is -2.16. The van der Waals surface area contributed by atoms with Gasteiger partial charge in [-0.1, -0.05) is 6.42 Å².